The Hall–Kier alpha value is -2.21. The first-order chi connectivity index (χ1) is 10.1. The second kappa shape index (κ2) is 6.99. The Morgan fingerprint density at radius 2 is 2.00 bits per heavy atom. The van der Waals surface area contributed by atoms with E-state index in [1.807, 2.05) is 24.3 Å². The van der Waals surface area contributed by atoms with Crippen molar-refractivity contribution < 1.29 is 14.3 Å². The maximum Gasteiger partial charge on any atom is 0.170 e. The van der Waals surface area contributed by atoms with Crippen molar-refractivity contribution in [2.75, 3.05) is 7.11 Å². The molecule has 0 unspecified atom stereocenters. The zero-order valence-electron chi connectivity index (χ0n) is 11.4. The minimum absolute atomic E-state index is 0.0974. The summed E-state index contributed by atoms with van der Waals surface area (Å²) in [4.78, 5) is 1.05. The van der Waals surface area contributed by atoms with Gasteiger partial charge in [-0.2, -0.15) is 0 Å². The highest BCUT2D eigenvalue weighted by molar-refractivity contribution is 7.98. The van der Waals surface area contributed by atoms with Gasteiger partial charge in [-0.05, 0) is 42.0 Å². The largest absolute Gasteiger partial charge is 0.497 e. The van der Waals surface area contributed by atoms with Crippen LogP contribution in [-0.4, -0.2) is 18.2 Å². The summed E-state index contributed by atoms with van der Waals surface area (Å²) in [7, 11) is 1.62. The Morgan fingerprint density at radius 3 is 2.62 bits per heavy atom. The summed E-state index contributed by atoms with van der Waals surface area (Å²) in [6, 6.07) is 11.9. The van der Waals surface area contributed by atoms with E-state index in [9.17, 15) is 4.39 Å². The van der Waals surface area contributed by atoms with Gasteiger partial charge < -0.3 is 15.7 Å². The van der Waals surface area contributed by atoms with Gasteiger partial charge in [-0.1, -0.05) is 11.2 Å². The number of halogens is 1. The van der Waals surface area contributed by atoms with Crippen molar-refractivity contribution in [1.82, 2.24) is 0 Å². The Morgan fingerprint density at radius 1 is 1.29 bits per heavy atom. The molecule has 4 nitrogen and oxygen atoms in total. The monoisotopic (exact) mass is 306 g/mol. The SMILES string of the molecule is COc1ccc(SCc2ccc(F)cc2C(N)=NO)cc1. The summed E-state index contributed by atoms with van der Waals surface area (Å²) < 4.78 is 18.4. The molecule has 0 saturated carbocycles. The van der Waals surface area contributed by atoms with Crippen molar-refractivity contribution in [3.63, 3.8) is 0 Å². The van der Waals surface area contributed by atoms with Crippen LogP contribution in [0.4, 0.5) is 4.39 Å². The molecule has 110 valence electrons. The quantitative estimate of drug-likeness (QED) is 0.293. The Labute approximate surface area is 126 Å². The number of nitrogens with two attached hydrogens (primary N) is 1. The molecule has 2 aromatic carbocycles. The van der Waals surface area contributed by atoms with Gasteiger partial charge in [0.2, 0.25) is 0 Å². The fourth-order valence-corrected chi connectivity index (χ4v) is 2.70. The third-order valence-corrected chi connectivity index (χ3v) is 3.97. The molecule has 21 heavy (non-hydrogen) atoms. The fourth-order valence-electron chi connectivity index (χ4n) is 1.80. The third-order valence-electron chi connectivity index (χ3n) is 2.91. The molecule has 0 radical (unpaired) electrons. The number of nitrogens with zero attached hydrogens (tertiary/aromatic N) is 1. The molecule has 0 saturated heterocycles. The number of hydrogen-bond acceptors (Lipinski definition) is 4. The molecule has 2 aromatic rings. The van der Waals surface area contributed by atoms with Gasteiger partial charge in [0.1, 0.15) is 11.6 Å². The normalized spacial score (nSPS) is 11.4. The van der Waals surface area contributed by atoms with Crippen molar-refractivity contribution >= 4 is 17.6 Å². The zero-order chi connectivity index (χ0) is 15.2. The number of methoxy groups -OCH3 is 1. The molecule has 0 aromatic heterocycles. The molecule has 0 atom stereocenters. The van der Waals surface area contributed by atoms with Crippen molar-refractivity contribution in [2.45, 2.75) is 10.6 Å². The van der Waals surface area contributed by atoms with Gasteiger partial charge in [-0.25, -0.2) is 4.39 Å². The highest BCUT2D eigenvalue weighted by Gasteiger charge is 2.09. The molecule has 0 spiro atoms. The summed E-state index contributed by atoms with van der Waals surface area (Å²) in [6.45, 7) is 0. The van der Waals surface area contributed by atoms with E-state index in [1.54, 1.807) is 24.9 Å². The summed E-state index contributed by atoms with van der Waals surface area (Å²) in [6.07, 6.45) is 0. The van der Waals surface area contributed by atoms with Gasteiger partial charge in [0.15, 0.2) is 5.84 Å². The van der Waals surface area contributed by atoms with Crippen LogP contribution in [0, 0.1) is 5.82 Å². The smallest absolute Gasteiger partial charge is 0.170 e. The number of benzene rings is 2. The summed E-state index contributed by atoms with van der Waals surface area (Å²) in [5.41, 5.74) is 6.78. The van der Waals surface area contributed by atoms with Gasteiger partial charge in [-0.3, -0.25) is 0 Å². The van der Waals surface area contributed by atoms with Crippen LogP contribution in [0.5, 0.6) is 5.75 Å². The first kappa shape index (κ1) is 15.2. The van der Waals surface area contributed by atoms with Crippen molar-refractivity contribution in [1.29, 1.82) is 0 Å². The van der Waals surface area contributed by atoms with Gasteiger partial charge >= 0.3 is 0 Å². The lowest BCUT2D eigenvalue weighted by Gasteiger charge is -2.09. The molecule has 0 fully saturated rings. The van der Waals surface area contributed by atoms with E-state index >= 15 is 0 Å². The lowest BCUT2D eigenvalue weighted by molar-refractivity contribution is 0.318. The summed E-state index contributed by atoms with van der Waals surface area (Å²) in [5, 5.41) is 11.7. The first-order valence-corrected chi connectivity index (χ1v) is 7.15. The van der Waals surface area contributed by atoms with Gasteiger partial charge in [0, 0.05) is 16.2 Å². The molecular weight excluding hydrogens is 291 g/mol. The first-order valence-electron chi connectivity index (χ1n) is 6.17. The predicted molar refractivity (Wildman–Crippen MR) is 81.5 cm³/mol. The van der Waals surface area contributed by atoms with Gasteiger partial charge in [-0.15, -0.1) is 11.8 Å². The molecule has 0 amide bonds. The van der Waals surface area contributed by atoms with Crippen LogP contribution in [0.2, 0.25) is 0 Å². The topological polar surface area (TPSA) is 67.8 Å². The highest BCUT2D eigenvalue weighted by Crippen LogP contribution is 2.26. The molecule has 3 N–H and O–H groups in total. The van der Waals surface area contributed by atoms with E-state index < -0.39 is 5.82 Å². The molecule has 0 aliphatic rings. The van der Waals surface area contributed by atoms with E-state index in [0.29, 0.717) is 11.3 Å². The van der Waals surface area contributed by atoms with E-state index in [-0.39, 0.29) is 5.84 Å². The molecular formula is C15H15FN2O2S. The lowest BCUT2D eigenvalue weighted by atomic mass is 10.1. The average molecular weight is 306 g/mol. The average Bonchev–Trinajstić information content (AvgIpc) is 2.53. The predicted octanol–water partition coefficient (Wildman–Crippen LogP) is 3.22. The maximum absolute atomic E-state index is 13.3. The second-order valence-electron chi connectivity index (χ2n) is 4.25. The Bertz CT molecular complexity index is 645. The van der Waals surface area contributed by atoms with Crippen LogP contribution in [-0.2, 0) is 5.75 Å². The molecule has 0 aliphatic heterocycles. The third kappa shape index (κ3) is 3.88. The van der Waals surface area contributed by atoms with Crippen LogP contribution >= 0.6 is 11.8 Å². The van der Waals surface area contributed by atoms with Crippen LogP contribution in [0.3, 0.4) is 0 Å². The molecule has 0 bridgehead atoms. The van der Waals surface area contributed by atoms with Gasteiger partial charge in [0.05, 0.1) is 7.11 Å². The minimum atomic E-state index is -0.421. The summed E-state index contributed by atoms with van der Waals surface area (Å²) >= 11 is 1.57. The van der Waals surface area contributed by atoms with Crippen LogP contribution in [0.1, 0.15) is 11.1 Å². The fraction of sp³-hybridized carbons (Fsp3) is 0.133. The van der Waals surface area contributed by atoms with Crippen molar-refractivity contribution in [3.8, 4) is 5.75 Å². The second-order valence-corrected chi connectivity index (χ2v) is 5.30. The number of rotatable bonds is 5. The zero-order valence-corrected chi connectivity index (χ0v) is 12.2. The lowest BCUT2D eigenvalue weighted by Crippen LogP contribution is -2.15. The maximum atomic E-state index is 13.3. The number of oxime groups is 1. The van der Waals surface area contributed by atoms with E-state index in [4.69, 9.17) is 15.7 Å². The number of ether oxygens (including phenoxy) is 1. The van der Waals surface area contributed by atoms with E-state index in [0.717, 1.165) is 16.2 Å². The van der Waals surface area contributed by atoms with Crippen LogP contribution in [0.15, 0.2) is 52.5 Å². The van der Waals surface area contributed by atoms with E-state index in [1.165, 1.54) is 12.1 Å². The summed E-state index contributed by atoms with van der Waals surface area (Å²) in [5.74, 6) is 0.853. The number of amidine groups is 1. The van der Waals surface area contributed by atoms with Crippen molar-refractivity contribution in [2.24, 2.45) is 10.9 Å². The highest BCUT2D eigenvalue weighted by atomic mass is 32.2. The molecule has 6 heteroatoms. The van der Waals surface area contributed by atoms with Gasteiger partial charge in [0.25, 0.3) is 0 Å². The Balaban J connectivity index is 2.15. The number of hydrogen-bond donors (Lipinski definition) is 2. The van der Waals surface area contributed by atoms with Crippen LogP contribution < -0.4 is 10.5 Å². The van der Waals surface area contributed by atoms with Crippen molar-refractivity contribution in [3.05, 3.63) is 59.4 Å². The molecule has 0 aliphatic carbocycles. The van der Waals surface area contributed by atoms with Crippen LogP contribution in [0.25, 0.3) is 0 Å². The number of thioether (sulfide) groups is 1. The Kier molecular flexibility index (Phi) is 5.05. The minimum Gasteiger partial charge on any atom is -0.497 e. The molecule has 0 heterocycles. The van der Waals surface area contributed by atoms with E-state index in [2.05, 4.69) is 5.16 Å². The molecule has 2 rings (SSSR count). The standard InChI is InChI=1S/C15H15FN2O2S/c1-20-12-4-6-13(7-5-12)21-9-10-2-3-11(16)8-14(10)15(17)18-19/h2-8,19H,9H2,1H3,(H2,17,18).